The van der Waals surface area contributed by atoms with Crippen molar-refractivity contribution in [3.05, 3.63) is 94.8 Å². The number of pyridine rings is 1. The number of carbonyl (C=O) groups excluding carboxylic acids is 2. The molecule has 1 saturated heterocycles. The van der Waals surface area contributed by atoms with Gasteiger partial charge in [-0.05, 0) is 49.2 Å². The molecule has 4 aromatic rings. The second-order valence-electron chi connectivity index (χ2n) is 7.78. The number of fused-ring (bicyclic) bond motifs is 1. The van der Waals surface area contributed by atoms with Gasteiger partial charge in [-0.25, -0.2) is 4.98 Å². The van der Waals surface area contributed by atoms with E-state index in [1.54, 1.807) is 36.7 Å². The van der Waals surface area contributed by atoms with Crippen molar-refractivity contribution in [2.45, 2.75) is 19.9 Å². The van der Waals surface area contributed by atoms with Crippen LogP contribution in [-0.4, -0.2) is 26.8 Å². The van der Waals surface area contributed by atoms with Gasteiger partial charge < -0.3 is 5.11 Å². The maximum atomic E-state index is 13.2. The van der Waals surface area contributed by atoms with Crippen LogP contribution in [-0.2, 0) is 9.59 Å². The Morgan fingerprint density at radius 2 is 1.66 bits per heavy atom. The van der Waals surface area contributed by atoms with Crippen LogP contribution in [0.1, 0.15) is 28.3 Å². The number of carbonyl (C=O) groups is 2. The molecule has 0 saturated carbocycles. The summed E-state index contributed by atoms with van der Waals surface area (Å²) in [5.74, 6) is -1.65. The summed E-state index contributed by atoms with van der Waals surface area (Å²) < 4.78 is 0.925. The molecule has 0 bridgehead atoms. The molecule has 6 nitrogen and oxygen atoms in total. The Morgan fingerprint density at radius 1 is 0.969 bits per heavy atom. The molecule has 0 spiro atoms. The Balaban J connectivity index is 1.72. The highest BCUT2D eigenvalue weighted by Gasteiger charge is 2.48. The molecule has 1 aliphatic rings. The average molecular weight is 442 g/mol. The van der Waals surface area contributed by atoms with E-state index in [1.807, 2.05) is 44.2 Å². The fourth-order valence-electron chi connectivity index (χ4n) is 3.88. The van der Waals surface area contributed by atoms with Gasteiger partial charge in [0.05, 0.1) is 21.8 Å². The molecule has 7 heteroatoms. The molecule has 0 aliphatic carbocycles. The van der Waals surface area contributed by atoms with E-state index < -0.39 is 17.7 Å². The van der Waals surface area contributed by atoms with Gasteiger partial charge in [-0.15, -0.1) is 0 Å². The smallest absolute Gasteiger partial charge is 0.301 e. The molecule has 1 atom stereocenters. The van der Waals surface area contributed by atoms with Gasteiger partial charge in [0.25, 0.3) is 5.78 Å². The van der Waals surface area contributed by atoms with Crippen molar-refractivity contribution in [1.29, 1.82) is 0 Å². The van der Waals surface area contributed by atoms with Crippen LogP contribution in [0.4, 0.5) is 5.13 Å². The molecule has 32 heavy (non-hydrogen) atoms. The lowest BCUT2D eigenvalue weighted by Crippen LogP contribution is -2.29. The zero-order valence-electron chi connectivity index (χ0n) is 17.4. The van der Waals surface area contributed by atoms with Gasteiger partial charge in [-0.2, -0.15) is 0 Å². The summed E-state index contributed by atoms with van der Waals surface area (Å²) in [4.78, 5) is 36.5. The van der Waals surface area contributed by atoms with Gasteiger partial charge in [0.15, 0.2) is 5.13 Å². The number of Topliss-reactive ketones (excluding diaryl/α,β-unsaturated/α-hetero) is 1. The lowest BCUT2D eigenvalue weighted by molar-refractivity contribution is -0.132. The van der Waals surface area contributed by atoms with Crippen LogP contribution in [0, 0.1) is 13.8 Å². The quantitative estimate of drug-likeness (QED) is 0.277. The molecule has 5 rings (SSSR count). The molecule has 0 radical (unpaired) electrons. The van der Waals surface area contributed by atoms with E-state index in [0.717, 1.165) is 21.3 Å². The Bertz CT molecular complexity index is 1390. The second-order valence-corrected chi connectivity index (χ2v) is 8.79. The highest BCUT2D eigenvalue weighted by atomic mass is 32.1. The number of aliphatic hydroxyl groups excluding tert-OH is 1. The van der Waals surface area contributed by atoms with Crippen molar-refractivity contribution in [2.24, 2.45) is 0 Å². The van der Waals surface area contributed by atoms with Crippen LogP contribution < -0.4 is 4.90 Å². The van der Waals surface area contributed by atoms with Gasteiger partial charge in [0.1, 0.15) is 5.76 Å². The molecule has 2 aromatic heterocycles. The minimum atomic E-state index is -0.805. The van der Waals surface area contributed by atoms with Crippen LogP contribution in [0.2, 0.25) is 0 Å². The lowest BCUT2D eigenvalue weighted by Gasteiger charge is -2.22. The van der Waals surface area contributed by atoms with E-state index in [1.165, 1.54) is 16.2 Å². The molecular formula is C25H19N3O3S. The Morgan fingerprint density at radius 3 is 2.38 bits per heavy atom. The number of thiazole rings is 1. The van der Waals surface area contributed by atoms with Crippen molar-refractivity contribution in [3.63, 3.8) is 0 Å². The largest absolute Gasteiger partial charge is 0.507 e. The van der Waals surface area contributed by atoms with Crippen LogP contribution in [0.15, 0.2) is 72.6 Å². The number of aromatic nitrogens is 2. The molecule has 0 unspecified atom stereocenters. The van der Waals surface area contributed by atoms with E-state index in [-0.39, 0.29) is 11.3 Å². The van der Waals surface area contributed by atoms with Gasteiger partial charge in [0, 0.05) is 18.0 Å². The molecule has 1 amide bonds. The minimum absolute atomic E-state index is 0.0421. The number of benzene rings is 2. The first-order chi connectivity index (χ1) is 15.4. The van der Waals surface area contributed by atoms with Gasteiger partial charge in [0.2, 0.25) is 0 Å². The number of nitrogens with zero attached hydrogens (tertiary/aromatic N) is 3. The van der Waals surface area contributed by atoms with Gasteiger partial charge in [-0.3, -0.25) is 19.5 Å². The summed E-state index contributed by atoms with van der Waals surface area (Å²) in [6.45, 7) is 3.93. The van der Waals surface area contributed by atoms with Crippen molar-refractivity contribution in [1.82, 2.24) is 9.97 Å². The van der Waals surface area contributed by atoms with Crippen molar-refractivity contribution in [2.75, 3.05) is 4.90 Å². The predicted molar refractivity (Wildman–Crippen MR) is 125 cm³/mol. The lowest BCUT2D eigenvalue weighted by atomic mass is 9.96. The third-order valence-electron chi connectivity index (χ3n) is 5.53. The van der Waals surface area contributed by atoms with E-state index in [9.17, 15) is 14.7 Å². The second kappa shape index (κ2) is 7.69. The zero-order chi connectivity index (χ0) is 22.4. The van der Waals surface area contributed by atoms with Gasteiger partial charge >= 0.3 is 5.91 Å². The normalized spacial score (nSPS) is 17.9. The van der Waals surface area contributed by atoms with Crippen molar-refractivity contribution >= 4 is 44.1 Å². The topological polar surface area (TPSA) is 83.4 Å². The number of rotatable bonds is 3. The standard InChI is InChI=1S/C25H19N3O3S/c1-14-3-6-17(7-4-14)22(29)20-21(16-9-11-26-12-10-16)28(24(31)23(20)30)25-27-18-8-5-15(2)13-19(18)32-25/h3-13,21,29H,1-2H3/t21-/m1/s1. The maximum absolute atomic E-state index is 13.2. The van der Waals surface area contributed by atoms with Crippen molar-refractivity contribution < 1.29 is 14.7 Å². The first-order valence-electron chi connectivity index (χ1n) is 10.1. The number of aliphatic hydroxyl groups is 1. The number of hydrogen-bond donors (Lipinski definition) is 1. The van der Waals surface area contributed by atoms with E-state index >= 15 is 0 Å². The highest BCUT2D eigenvalue weighted by molar-refractivity contribution is 7.22. The summed E-state index contributed by atoms with van der Waals surface area (Å²) in [7, 11) is 0. The van der Waals surface area contributed by atoms with Crippen molar-refractivity contribution in [3.8, 4) is 0 Å². The fraction of sp³-hybridized carbons (Fsp3) is 0.120. The molecule has 1 fully saturated rings. The fourth-order valence-corrected chi connectivity index (χ4v) is 4.97. The molecule has 158 valence electrons. The first kappa shape index (κ1) is 20.1. The summed E-state index contributed by atoms with van der Waals surface area (Å²) in [5.41, 5.74) is 4.05. The van der Waals surface area contributed by atoms with E-state index in [4.69, 9.17) is 0 Å². The number of anilines is 1. The Hall–Kier alpha value is -3.84. The molecule has 1 aliphatic heterocycles. The monoisotopic (exact) mass is 441 g/mol. The van der Waals surface area contributed by atoms with Crippen LogP contribution in [0.25, 0.3) is 16.0 Å². The number of ketones is 1. The number of hydrogen-bond acceptors (Lipinski definition) is 6. The summed E-state index contributed by atoms with van der Waals surface area (Å²) >= 11 is 1.35. The first-order valence-corrected chi connectivity index (χ1v) is 10.9. The van der Waals surface area contributed by atoms with E-state index in [0.29, 0.717) is 16.3 Å². The summed E-state index contributed by atoms with van der Waals surface area (Å²) in [6, 6.07) is 15.7. The van der Waals surface area contributed by atoms with Gasteiger partial charge in [-0.1, -0.05) is 47.2 Å². The Labute approximate surface area is 188 Å². The SMILES string of the molecule is Cc1ccc(C(O)=C2C(=O)C(=O)N(c3nc4ccc(C)cc4s3)[C@@H]2c2ccncc2)cc1. The molecule has 3 heterocycles. The summed E-state index contributed by atoms with van der Waals surface area (Å²) in [5, 5.41) is 11.5. The van der Waals surface area contributed by atoms with Crippen LogP contribution >= 0.6 is 11.3 Å². The Kier molecular flexibility index (Phi) is 4.83. The molecular weight excluding hydrogens is 422 g/mol. The molecule has 1 N–H and O–H groups in total. The minimum Gasteiger partial charge on any atom is -0.507 e. The zero-order valence-corrected chi connectivity index (χ0v) is 18.3. The molecule has 2 aromatic carbocycles. The average Bonchev–Trinajstić information content (AvgIpc) is 3.32. The third kappa shape index (κ3) is 3.27. The third-order valence-corrected chi connectivity index (χ3v) is 6.55. The van der Waals surface area contributed by atoms with E-state index in [2.05, 4.69) is 9.97 Å². The highest BCUT2D eigenvalue weighted by Crippen LogP contribution is 2.44. The predicted octanol–water partition coefficient (Wildman–Crippen LogP) is 4.93. The van der Waals surface area contributed by atoms with Crippen LogP contribution in [0.5, 0.6) is 0 Å². The van der Waals surface area contributed by atoms with Crippen LogP contribution in [0.3, 0.4) is 0 Å². The number of aryl methyl sites for hydroxylation is 2. The number of amides is 1. The maximum Gasteiger partial charge on any atom is 0.301 e. The summed E-state index contributed by atoms with van der Waals surface area (Å²) in [6.07, 6.45) is 3.20.